The lowest BCUT2D eigenvalue weighted by Gasteiger charge is -2.10. The predicted octanol–water partition coefficient (Wildman–Crippen LogP) is 4.38. The maximum atomic E-state index is 13.6. The Morgan fingerprint density at radius 3 is 2.41 bits per heavy atom. The summed E-state index contributed by atoms with van der Waals surface area (Å²) in [5.74, 6) is -0.556. The molecule has 134 valence electrons. The molecule has 0 saturated heterocycles. The molecule has 0 bridgehead atoms. The average Bonchev–Trinajstić information content (AvgIpc) is 3.06. The first kappa shape index (κ1) is 16.8. The maximum absolute atomic E-state index is 13.6. The normalized spacial score (nSPS) is 12.3. The first-order valence-electron chi connectivity index (χ1n) is 8.45. The SMILES string of the molecule is O=C(Nc1ccc(-c2cccc3c2CNC3=O)cc1)Nc1ccccc1F. The topological polar surface area (TPSA) is 70.2 Å². The minimum absolute atomic E-state index is 0.0602. The van der Waals surface area contributed by atoms with E-state index in [1.807, 2.05) is 30.3 Å². The van der Waals surface area contributed by atoms with Gasteiger partial charge in [-0.15, -0.1) is 0 Å². The monoisotopic (exact) mass is 361 g/mol. The molecule has 1 aliphatic rings. The van der Waals surface area contributed by atoms with Crippen LogP contribution in [-0.4, -0.2) is 11.9 Å². The summed E-state index contributed by atoms with van der Waals surface area (Å²) >= 11 is 0. The van der Waals surface area contributed by atoms with Crippen molar-refractivity contribution in [2.45, 2.75) is 6.54 Å². The molecule has 3 amide bonds. The van der Waals surface area contributed by atoms with Crippen molar-refractivity contribution in [1.82, 2.24) is 5.32 Å². The first-order chi connectivity index (χ1) is 13.1. The fraction of sp³-hybridized carbons (Fsp3) is 0.0476. The summed E-state index contributed by atoms with van der Waals surface area (Å²) in [4.78, 5) is 23.9. The van der Waals surface area contributed by atoms with Crippen LogP contribution >= 0.6 is 0 Å². The van der Waals surface area contributed by atoms with Gasteiger partial charge in [0.1, 0.15) is 5.82 Å². The third kappa shape index (κ3) is 3.37. The molecule has 0 radical (unpaired) electrons. The third-order valence-electron chi connectivity index (χ3n) is 4.42. The summed E-state index contributed by atoms with van der Waals surface area (Å²) in [6.45, 7) is 0.509. The molecule has 0 spiro atoms. The minimum Gasteiger partial charge on any atom is -0.348 e. The fourth-order valence-corrected chi connectivity index (χ4v) is 3.10. The molecule has 0 aromatic heterocycles. The summed E-state index contributed by atoms with van der Waals surface area (Å²) in [5, 5.41) is 7.97. The van der Waals surface area contributed by atoms with Gasteiger partial charge < -0.3 is 16.0 Å². The Balaban J connectivity index is 1.49. The maximum Gasteiger partial charge on any atom is 0.323 e. The highest BCUT2D eigenvalue weighted by Gasteiger charge is 2.21. The lowest BCUT2D eigenvalue weighted by Crippen LogP contribution is -2.20. The van der Waals surface area contributed by atoms with Crippen molar-refractivity contribution >= 4 is 23.3 Å². The van der Waals surface area contributed by atoms with E-state index >= 15 is 0 Å². The molecule has 0 atom stereocenters. The summed E-state index contributed by atoms with van der Waals surface area (Å²) < 4.78 is 13.6. The number of halogens is 1. The highest BCUT2D eigenvalue weighted by atomic mass is 19.1. The van der Waals surface area contributed by atoms with Gasteiger partial charge in [-0.25, -0.2) is 9.18 Å². The lowest BCUT2D eigenvalue weighted by molar-refractivity contribution is 0.0965. The van der Waals surface area contributed by atoms with E-state index in [1.165, 1.54) is 12.1 Å². The zero-order valence-corrected chi connectivity index (χ0v) is 14.3. The Morgan fingerprint density at radius 1 is 0.889 bits per heavy atom. The van der Waals surface area contributed by atoms with Gasteiger partial charge in [0, 0.05) is 17.8 Å². The highest BCUT2D eigenvalue weighted by molar-refractivity contribution is 6.01. The second kappa shape index (κ2) is 6.92. The van der Waals surface area contributed by atoms with Crippen molar-refractivity contribution in [3.05, 3.63) is 83.7 Å². The van der Waals surface area contributed by atoms with Crippen LogP contribution in [-0.2, 0) is 6.54 Å². The molecule has 3 N–H and O–H groups in total. The van der Waals surface area contributed by atoms with E-state index < -0.39 is 11.8 Å². The number of hydrogen-bond donors (Lipinski definition) is 3. The van der Waals surface area contributed by atoms with Crippen LogP contribution in [0.25, 0.3) is 11.1 Å². The molecule has 0 saturated carbocycles. The van der Waals surface area contributed by atoms with Crippen molar-refractivity contribution in [1.29, 1.82) is 0 Å². The van der Waals surface area contributed by atoms with Crippen LogP contribution in [0.15, 0.2) is 66.7 Å². The van der Waals surface area contributed by atoms with Gasteiger partial charge >= 0.3 is 6.03 Å². The van der Waals surface area contributed by atoms with Crippen LogP contribution in [0.4, 0.5) is 20.6 Å². The second-order valence-electron chi connectivity index (χ2n) is 6.15. The van der Waals surface area contributed by atoms with Crippen molar-refractivity contribution < 1.29 is 14.0 Å². The Hall–Kier alpha value is -3.67. The molecule has 6 heteroatoms. The molecule has 1 heterocycles. The lowest BCUT2D eigenvalue weighted by atomic mass is 9.97. The number of carbonyl (C=O) groups excluding carboxylic acids is 2. The number of para-hydroxylation sites is 1. The number of anilines is 2. The van der Waals surface area contributed by atoms with Crippen LogP contribution in [0.1, 0.15) is 15.9 Å². The number of benzene rings is 3. The molecule has 0 unspecified atom stereocenters. The largest absolute Gasteiger partial charge is 0.348 e. The zero-order valence-electron chi connectivity index (χ0n) is 14.3. The molecule has 0 aliphatic carbocycles. The standard InChI is InChI=1S/C21H16FN3O2/c22-18-6-1-2-7-19(18)25-21(27)24-14-10-8-13(9-11-14)15-4-3-5-16-17(15)12-23-20(16)26/h1-11H,12H2,(H,23,26)(H2,24,25,27). The molecular weight excluding hydrogens is 345 g/mol. The number of urea groups is 1. The van der Waals surface area contributed by atoms with Crippen LogP contribution in [0.5, 0.6) is 0 Å². The van der Waals surface area contributed by atoms with E-state index in [-0.39, 0.29) is 11.6 Å². The van der Waals surface area contributed by atoms with Crippen LogP contribution in [0.3, 0.4) is 0 Å². The Labute approximate surface area is 155 Å². The van der Waals surface area contributed by atoms with E-state index in [0.717, 1.165) is 16.7 Å². The molecule has 5 nitrogen and oxygen atoms in total. The summed E-state index contributed by atoms with van der Waals surface area (Å²) in [7, 11) is 0. The van der Waals surface area contributed by atoms with Crippen LogP contribution < -0.4 is 16.0 Å². The average molecular weight is 361 g/mol. The molecule has 1 aliphatic heterocycles. The van der Waals surface area contributed by atoms with Gasteiger partial charge in [-0.05, 0) is 47.0 Å². The van der Waals surface area contributed by atoms with Gasteiger partial charge in [0.25, 0.3) is 5.91 Å². The number of carbonyl (C=O) groups is 2. The summed E-state index contributed by atoms with van der Waals surface area (Å²) in [5.41, 5.74) is 4.29. The van der Waals surface area contributed by atoms with Crippen LogP contribution in [0, 0.1) is 5.82 Å². The molecule has 4 rings (SSSR count). The Kier molecular flexibility index (Phi) is 4.30. The van der Waals surface area contributed by atoms with Crippen molar-refractivity contribution in [2.75, 3.05) is 10.6 Å². The molecule has 0 fully saturated rings. The third-order valence-corrected chi connectivity index (χ3v) is 4.42. The highest BCUT2D eigenvalue weighted by Crippen LogP contribution is 2.30. The van der Waals surface area contributed by atoms with E-state index in [2.05, 4.69) is 16.0 Å². The van der Waals surface area contributed by atoms with E-state index in [9.17, 15) is 14.0 Å². The minimum atomic E-state index is -0.525. The van der Waals surface area contributed by atoms with Gasteiger partial charge in [-0.2, -0.15) is 0 Å². The quantitative estimate of drug-likeness (QED) is 0.648. The van der Waals surface area contributed by atoms with E-state index in [1.54, 1.807) is 24.3 Å². The van der Waals surface area contributed by atoms with Gasteiger partial charge in [0.15, 0.2) is 0 Å². The second-order valence-corrected chi connectivity index (χ2v) is 6.15. The number of fused-ring (bicyclic) bond motifs is 1. The van der Waals surface area contributed by atoms with Gasteiger partial charge in [-0.1, -0.05) is 36.4 Å². The summed E-state index contributed by atoms with van der Waals surface area (Å²) in [6, 6.07) is 18.3. The fourth-order valence-electron chi connectivity index (χ4n) is 3.10. The van der Waals surface area contributed by atoms with Crippen molar-refractivity contribution in [3.63, 3.8) is 0 Å². The molecule has 27 heavy (non-hydrogen) atoms. The molecule has 3 aromatic carbocycles. The van der Waals surface area contributed by atoms with Gasteiger partial charge in [-0.3, -0.25) is 4.79 Å². The summed E-state index contributed by atoms with van der Waals surface area (Å²) in [6.07, 6.45) is 0. The Bertz CT molecular complexity index is 1030. The van der Waals surface area contributed by atoms with Gasteiger partial charge in [0.05, 0.1) is 5.69 Å². The molecule has 3 aromatic rings. The predicted molar refractivity (Wildman–Crippen MR) is 102 cm³/mol. The number of nitrogens with one attached hydrogen (secondary N) is 3. The number of hydrogen-bond acceptors (Lipinski definition) is 2. The smallest absolute Gasteiger partial charge is 0.323 e. The molecular formula is C21H16FN3O2. The van der Waals surface area contributed by atoms with Crippen LogP contribution in [0.2, 0.25) is 0 Å². The van der Waals surface area contributed by atoms with Crippen molar-refractivity contribution in [3.8, 4) is 11.1 Å². The van der Waals surface area contributed by atoms with Crippen molar-refractivity contribution in [2.24, 2.45) is 0 Å². The Morgan fingerprint density at radius 2 is 1.63 bits per heavy atom. The number of rotatable bonds is 3. The van der Waals surface area contributed by atoms with E-state index in [0.29, 0.717) is 17.8 Å². The first-order valence-corrected chi connectivity index (χ1v) is 8.45. The van der Waals surface area contributed by atoms with Gasteiger partial charge in [0.2, 0.25) is 0 Å². The number of amides is 3. The van der Waals surface area contributed by atoms with E-state index in [4.69, 9.17) is 0 Å². The zero-order chi connectivity index (χ0) is 18.8.